The van der Waals surface area contributed by atoms with E-state index in [1.807, 2.05) is 0 Å². The Morgan fingerprint density at radius 3 is 2.17 bits per heavy atom. The van der Waals surface area contributed by atoms with Crippen LogP contribution in [0.15, 0.2) is 0 Å². The molecule has 4 aliphatic rings. The van der Waals surface area contributed by atoms with Crippen molar-refractivity contribution >= 4 is 0 Å². The highest BCUT2D eigenvalue weighted by Gasteiger charge is 2.53. The van der Waals surface area contributed by atoms with Gasteiger partial charge in [0.15, 0.2) is 0 Å². The Balaban J connectivity index is 1.71. The second-order valence-electron chi connectivity index (χ2n) is 5.51. The van der Waals surface area contributed by atoms with E-state index in [0.717, 1.165) is 11.3 Å². The van der Waals surface area contributed by atoms with Gasteiger partial charge in [-0.2, -0.15) is 0 Å². The highest BCUT2D eigenvalue weighted by atomic mass is 14.6. The van der Waals surface area contributed by atoms with Gasteiger partial charge in [0.1, 0.15) is 0 Å². The lowest BCUT2D eigenvalue weighted by molar-refractivity contribution is 0.0385. The molecule has 0 saturated heterocycles. The molecule has 0 aromatic rings. The highest BCUT2D eigenvalue weighted by molar-refractivity contribution is 5.04. The summed E-state index contributed by atoms with van der Waals surface area (Å²) < 4.78 is 0. The molecule has 0 nitrogen and oxygen atoms in total. The van der Waals surface area contributed by atoms with Crippen molar-refractivity contribution in [3.05, 3.63) is 0 Å². The molecule has 0 atom stereocenters. The summed E-state index contributed by atoms with van der Waals surface area (Å²) in [7, 11) is 0. The average molecular weight is 164 g/mol. The molecule has 0 N–H and O–H groups in total. The minimum Gasteiger partial charge on any atom is -0.0533 e. The fourth-order valence-electron chi connectivity index (χ4n) is 4.24. The Hall–Kier alpha value is 0. The SMILES string of the molecule is C1CCC(C23CCC(C2)C3)CC1. The van der Waals surface area contributed by atoms with E-state index in [1.165, 1.54) is 25.2 Å². The lowest BCUT2D eigenvalue weighted by Crippen LogP contribution is -2.36. The van der Waals surface area contributed by atoms with Gasteiger partial charge in [0.2, 0.25) is 0 Å². The summed E-state index contributed by atoms with van der Waals surface area (Å²) in [6.45, 7) is 0. The van der Waals surface area contributed by atoms with Crippen molar-refractivity contribution in [2.75, 3.05) is 0 Å². The molecular weight excluding hydrogens is 144 g/mol. The third kappa shape index (κ3) is 0.900. The van der Waals surface area contributed by atoms with Gasteiger partial charge >= 0.3 is 0 Å². The highest BCUT2D eigenvalue weighted by Crippen LogP contribution is 2.64. The Morgan fingerprint density at radius 2 is 1.58 bits per heavy atom. The van der Waals surface area contributed by atoms with Crippen LogP contribution < -0.4 is 0 Å². The molecule has 0 aliphatic heterocycles. The topological polar surface area (TPSA) is 0 Å². The van der Waals surface area contributed by atoms with Gasteiger partial charge in [-0.15, -0.1) is 0 Å². The number of fused-ring (bicyclic) bond motifs is 1. The van der Waals surface area contributed by atoms with Gasteiger partial charge in [-0.3, -0.25) is 0 Å². The molecule has 4 aliphatic carbocycles. The lowest BCUT2D eigenvalue weighted by Gasteiger charge is -2.46. The van der Waals surface area contributed by atoms with Crippen LogP contribution in [0.3, 0.4) is 0 Å². The standard InChI is InChI=1S/C12H20/c1-2-4-11(5-3-1)12-7-6-10(8-12)9-12/h10-11H,1-9H2. The van der Waals surface area contributed by atoms with E-state index in [0.29, 0.717) is 0 Å². The molecule has 4 saturated carbocycles. The van der Waals surface area contributed by atoms with Crippen LogP contribution >= 0.6 is 0 Å². The molecule has 0 unspecified atom stereocenters. The van der Waals surface area contributed by atoms with Crippen LogP contribution in [-0.4, -0.2) is 0 Å². The van der Waals surface area contributed by atoms with E-state index < -0.39 is 0 Å². The van der Waals surface area contributed by atoms with Crippen molar-refractivity contribution in [2.45, 2.75) is 57.8 Å². The van der Waals surface area contributed by atoms with Crippen LogP contribution in [0.25, 0.3) is 0 Å². The van der Waals surface area contributed by atoms with Crippen molar-refractivity contribution in [3.8, 4) is 0 Å². The molecule has 12 heavy (non-hydrogen) atoms. The summed E-state index contributed by atoms with van der Waals surface area (Å²) in [5.74, 6) is 2.33. The normalized spacial score (nSPS) is 47.5. The van der Waals surface area contributed by atoms with Crippen molar-refractivity contribution in [3.63, 3.8) is 0 Å². The maximum atomic E-state index is 1.62. The first-order valence-electron chi connectivity index (χ1n) is 5.89. The second kappa shape index (κ2) is 2.49. The first kappa shape index (κ1) is 7.41. The summed E-state index contributed by atoms with van der Waals surface area (Å²) in [6, 6.07) is 0. The van der Waals surface area contributed by atoms with E-state index >= 15 is 0 Å². The van der Waals surface area contributed by atoms with E-state index in [-0.39, 0.29) is 0 Å². The van der Waals surface area contributed by atoms with Crippen LogP contribution in [0, 0.1) is 17.3 Å². The molecule has 4 rings (SSSR count). The fourth-order valence-corrected chi connectivity index (χ4v) is 4.24. The van der Waals surface area contributed by atoms with Gasteiger partial charge in [-0.25, -0.2) is 0 Å². The number of rotatable bonds is 1. The predicted molar refractivity (Wildman–Crippen MR) is 51.0 cm³/mol. The molecule has 0 amide bonds. The Kier molecular flexibility index (Phi) is 1.54. The summed E-state index contributed by atoms with van der Waals surface area (Å²) in [5.41, 5.74) is 0.908. The van der Waals surface area contributed by atoms with Crippen LogP contribution in [0.5, 0.6) is 0 Å². The molecule has 2 bridgehead atoms. The zero-order valence-electron chi connectivity index (χ0n) is 8.02. The van der Waals surface area contributed by atoms with Gasteiger partial charge in [-0.1, -0.05) is 19.3 Å². The van der Waals surface area contributed by atoms with Gasteiger partial charge in [0.25, 0.3) is 0 Å². The molecule has 0 spiro atoms. The maximum Gasteiger partial charge on any atom is -0.0264 e. The van der Waals surface area contributed by atoms with Crippen molar-refractivity contribution < 1.29 is 0 Å². The summed E-state index contributed by atoms with van der Waals surface area (Å²) in [5, 5.41) is 0. The molecule has 0 radical (unpaired) electrons. The van der Waals surface area contributed by atoms with Crippen LogP contribution in [0.2, 0.25) is 0 Å². The Labute approximate surface area is 75.7 Å². The van der Waals surface area contributed by atoms with Crippen molar-refractivity contribution in [1.82, 2.24) is 0 Å². The van der Waals surface area contributed by atoms with E-state index in [2.05, 4.69) is 0 Å². The number of hydrogen-bond donors (Lipinski definition) is 0. The number of hydrogen-bond acceptors (Lipinski definition) is 0. The molecule has 0 heterocycles. The summed E-state index contributed by atoms with van der Waals surface area (Å²) in [6.07, 6.45) is 14.2. The minimum absolute atomic E-state index is 0.908. The van der Waals surface area contributed by atoms with Crippen LogP contribution in [0.4, 0.5) is 0 Å². The molecule has 0 heteroatoms. The molecule has 0 aromatic heterocycles. The first-order valence-corrected chi connectivity index (χ1v) is 5.89. The molecule has 0 aromatic carbocycles. The quantitative estimate of drug-likeness (QED) is 0.553. The lowest BCUT2D eigenvalue weighted by atomic mass is 9.59. The third-order valence-corrected chi connectivity index (χ3v) is 4.91. The maximum absolute atomic E-state index is 1.62. The third-order valence-electron chi connectivity index (χ3n) is 4.91. The van der Waals surface area contributed by atoms with Gasteiger partial charge in [-0.05, 0) is 55.8 Å². The summed E-state index contributed by atoms with van der Waals surface area (Å²) in [4.78, 5) is 0. The summed E-state index contributed by atoms with van der Waals surface area (Å²) >= 11 is 0. The van der Waals surface area contributed by atoms with E-state index in [4.69, 9.17) is 0 Å². The fraction of sp³-hybridized carbons (Fsp3) is 1.00. The molecule has 4 fully saturated rings. The van der Waals surface area contributed by atoms with Crippen molar-refractivity contribution in [1.29, 1.82) is 0 Å². The Bertz CT molecular complexity index is 165. The van der Waals surface area contributed by atoms with Crippen LogP contribution in [-0.2, 0) is 0 Å². The second-order valence-corrected chi connectivity index (χ2v) is 5.51. The van der Waals surface area contributed by atoms with Gasteiger partial charge in [0, 0.05) is 0 Å². The first-order chi connectivity index (χ1) is 5.89. The zero-order chi connectivity index (χ0) is 8.02. The predicted octanol–water partition coefficient (Wildman–Crippen LogP) is 3.76. The van der Waals surface area contributed by atoms with Gasteiger partial charge in [0.05, 0.1) is 0 Å². The van der Waals surface area contributed by atoms with E-state index in [1.54, 1.807) is 38.5 Å². The smallest absolute Gasteiger partial charge is 0.0264 e. The minimum atomic E-state index is 0.908. The van der Waals surface area contributed by atoms with E-state index in [9.17, 15) is 0 Å². The zero-order valence-corrected chi connectivity index (χ0v) is 8.02. The van der Waals surface area contributed by atoms with Gasteiger partial charge < -0.3 is 0 Å². The largest absolute Gasteiger partial charge is 0.0533 e. The monoisotopic (exact) mass is 164 g/mol. The van der Waals surface area contributed by atoms with Crippen molar-refractivity contribution in [2.24, 2.45) is 17.3 Å². The molecule has 68 valence electrons. The average Bonchev–Trinajstić information content (AvgIpc) is 2.63. The molecular formula is C12H20. The van der Waals surface area contributed by atoms with Crippen LogP contribution in [0.1, 0.15) is 57.8 Å². The Morgan fingerprint density at radius 1 is 0.833 bits per heavy atom.